The van der Waals surface area contributed by atoms with Gasteiger partial charge in [0.2, 0.25) is 0 Å². The maximum atomic E-state index is 12.7. The number of nitrogens with two attached hydrogens (primary N) is 1. The fourth-order valence-corrected chi connectivity index (χ4v) is 3.85. The smallest absolute Gasteiger partial charge is 0.337 e. The number of anilines is 2. The van der Waals surface area contributed by atoms with E-state index in [-0.39, 0.29) is 16.4 Å². The lowest BCUT2D eigenvalue weighted by Crippen LogP contribution is -2.17. The van der Waals surface area contributed by atoms with Gasteiger partial charge in [0.25, 0.3) is 5.91 Å². The van der Waals surface area contributed by atoms with E-state index in [1.807, 2.05) is 0 Å². The van der Waals surface area contributed by atoms with Crippen LogP contribution in [0.4, 0.5) is 11.5 Å². The molecule has 0 aliphatic carbocycles. The number of nitrogens with one attached hydrogen (secondary N) is 1. The van der Waals surface area contributed by atoms with Gasteiger partial charge in [-0.3, -0.25) is 4.79 Å². The van der Waals surface area contributed by atoms with E-state index in [1.54, 1.807) is 38.1 Å². The molecule has 166 valence electrons. The van der Waals surface area contributed by atoms with Gasteiger partial charge in [-0.15, -0.1) is 0 Å². The molecule has 0 atom stereocenters. The van der Waals surface area contributed by atoms with Crippen LogP contribution in [0.3, 0.4) is 0 Å². The van der Waals surface area contributed by atoms with Crippen LogP contribution in [-0.2, 0) is 14.6 Å². The Morgan fingerprint density at radius 3 is 2.22 bits per heavy atom. The molecular formula is C22H22N4O5S. The highest BCUT2D eigenvalue weighted by molar-refractivity contribution is 7.92. The van der Waals surface area contributed by atoms with Gasteiger partial charge in [0, 0.05) is 11.3 Å². The summed E-state index contributed by atoms with van der Waals surface area (Å²) in [5.74, 6) is -1.13. The molecule has 0 saturated carbocycles. The summed E-state index contributed by atoms with van der Waals surface area (Å²) in [7, 11) is -2.12. The van der Waals surface area contributed by atoms with Crippen molar-refractivity contribution < 1.29 is 22.7 Å². The second-order valence-electron chi connectivity index (χ2n) is 7.13. The van der Waals surface area contributed by atoms with Crippen LogP contribution >= 0.6 is 0 Å². The number of aromatic nitrogens is 2. The molecule has 9 nitrogen and oxygen atoms in total. The molecule has 10 heteroatoms. The second kappa shape index (κ2) is 9.15. The Bertz CT molecular complexity index is 1250. The van der Waals surface area contributed by atoms with Crippen molar-refractivity contribution in [2.24, 2.45) is 0 Å². The number of sulfone groups is 1. The van der Waals surface area contributed by atoms with Gasteiger partial charge in [-0.25, -0.2) is 23.2 Å². The largest absolute Gasteiger partial charge is 0.465 e. The summed E-state index contributed by atoms with van der Waals surface area (Å²) in [6, 6.07) is 12.3. The summed E-state index contributed by atoms with van der Waals surface area (Å²) in [6.45, 7) is 3.23. The third kappa shape index (κ3) is 4.75. The fourth-order valence-electron chi connectivity index (χ4n) is 2.79. The molecular weight excluding hydrogens is 432 g/mol. The average molecular weight is 455 g/mol. The molecule has 0 radical (unpaired) electrons. The minimum absolute atomic E-state index is 0.0589. The lowest BCUT2D eigenvalue weighted by atomic mass is 10.1. The normalized spacial score (nSPS) is 11.2. The molecule has 3 N–H and O–H groups in total. The Morgan fingerprint density at radius 2 is 1.66 bits per heavy atom. The maximum Gasteiger partial charge on any atom is 0.337 e. The standard InChI is InChI=1S/C22H22N4O5S/c1-13(2)32(29,30)17-10-6-14(7-11-17)18-12-24-20(23)19(26-18)21(27)25-16-8-4-15(5-9-16)22(28)31-3/h4-13H,1-3H3,(H2,23,24)(H,25,27). The van der Waals surface area contributed by atoms with Gasteiger partial charge in [0.05, 0.1) is 34.7 Å². The maximum absolute atomic E-state index is 12.7. The zero-order chi connectivity index (χ0) is 23.5. The minimum Gasteiger partial charge on any atom is -0.465 e. The highest BCUT2D eigenvalue weighted by Crippen LogP contribution is 2.23. The van der Waals surface area contributed by atoms with Crippen LogP contribution in [0.25, 0.3) is 11.3 Å². The molecule has 3 rings (SSSR count). The molecule has 0 fully saturated rings. The van der Waals surface area contributed by atoms with Crippen LogP contribution in [0.2, 0.25) is 0 Å². The zero-order valence-corrected chi connectivity index (χ0v) is 18.5. The number of methoxy groups -OCH3 is 1. The summed E-state index contributed by atoms with van der Waals surface area (Å²) < 4.78 is 29.2. The molecule has 2 aromatic carbocycles. The van der Waals surface area contributed by atoms with E-state index in [1.165, 1.54) is 37.6 Å². The summed E-state index contributed by atoms with van der Waals surface area (Å²) in [4.78, 5) is 32.8. The fraction of sp³-hybridized carbons (Fsp3) is 0.182. The van der Waals surface area contributed by atoms with Crippen LogP contribution in [0.1, 0.15) is 34.7 Å². The number of carbonyl (C=O) groups is 2. The summed E-state index contributed by atoms with van der Waals surface area (Å²) >= 11 is 0. The number of carbonyl (C=O) groups excluding carboxylic acids is 2. The van der Waals surface area contributed by atoms with E-state index in [0.717, 1.165) is 0 Å². The van der Waals surface area contributed by atoms with E-state index in [2.05, 4.69) is 20.0 Å². The first-order valence-electron chi connectivity index (χ1n) is 9.60. The molecule has 1 amide bonds. The number of rotatable bonds is 6. The molecule has 32 heavy (non-hydrogen) atoms. The molecule has 3 aromatic rings. The highest BCUT2D eigenvalue weighted by Gasteiger charge is 2.20. The number of hydrogen-bond donors (Lipinski definition) is 2. The monoisotopic (exact) mass is 454 g/mol. The number of esters is 1. The number of nitrogens with zero attached hydrogens (tertiary/aromatic N) is 2. The first-order valence-corrected chi connectivity index (χ1v) is 11.1. The third-order valence-electron chi connectivity index (χ3n) is 4.68. The van der Waals surface area contributed by atoms with E-state index in [9.17, 15) is 18.0 Å². The van der Waals surface area contributed by atoms with Gasteiger partial charge in [0.1, 0.15) is 0 Å². The lowest BCUT2D eigenvalue weighted by molar-refractivity contribution is 0.0600. The van der Waals surface area contributed by atoms with Crippen LogP contribution < -0.4 is 11.1 Å². The second-order valence-corrected chi connectivity index (χ2v) is 9.63. The van der Waals surface area contributed by atoms with E-state index < -0.39 is 27.0 Å². The van der Waals surface area contributed by atoms with Gasteiger partial charge in [0.15, 0.2) is 21.3 Å². The molecule has 0 unspecified atom stereocenters. The van der Waals surface area contributed by atoms with Crippen molar-refractivity contribution in [3.05, 3.63) is 66.0 Å². The minimum atomic E-state index is -3.40. The van der Waals surface area contributed by atoms with Crippen molar-refractivity contribution in [2.45, 2.75) is 24.0 Å². The van der Waals surface area contributed by atoms with Crippen molar-refractivity contribution in [1.29, 1.82) is 0 Å². The molecule has 1 heterocycles. The first kappa shape index (κ1) is 22.9. The third-order valence-corrected chi connectivity index (χ3v) is 6.85. The molecule has 0 spiro atoms. The first-order chi connectivity index (χ1) is 15.1. The highest BCUT2D eigenvalue weighted by atomic mass is 32.2. The number of benzene rings is 2. The molecule has 1 aromatic heterocycles. The predicted molar refractivity (Wildman–Crippen MR) is 120 cm³/mol. The van der Waals surface area contributed by atoms with Gasteiger partial charge in [-0.2, -0.15) is 0 Å². The van der Waals surface area contributed by atoms with Crippen molar-refractivity contribution >= 4 is 33.2 Å². The van der Waals surface area contributed by atoms with Gasteiger partial charge >= 0.3 is 5.97 Å². The molecule has 0 aliphatic rings. The quantitative estimate of drug-likeness (QED) is 0.542. The summed E-state index contributed by atoms with van der Waals surface area (Å²) in [6.07, 6.45) is 1.41. The van der Waals surface area contributed by atoms with Crippen LogP contribution in [-0.4, -0.2) is 42.6 Å². The van der Waals surface area contributed by atoms with Crippen molar-refractivity contribution in [1.82, 2.24) is 9.97 Å². The van der Waals surface area contributed by atoms with E-state index in [0.29, 0.717) is 22.5 Å². The molecule has 0 aliphatic heterocycles. The average Bonchev–Trinajstić information content (AvgIpc) is 2.79. The topological polar surface area (TPSA) is 141 Å². The van der Waals surface area contributed by atoms with Gasteiger partial charge in [-0.05, 0) is 50.2 Å². The number of nitrogen functional groups attached to an aromatic ring is 1. The van der Waals surface area contributed by atoms with Crippen LogP contribution in [0.15, 0.2) is 59.6 Å². The summed E-state index contributed by atoms with van der Waals surface area (Å²) in [5, 5.41) is 2.11. The number of amides is 1. The van der Waals surface area contributed by atoms with Crippen LogP contribution in [0, 0.1) is 0 Å². The zero-order valence-electron chi connectivity index (χ0n) is 17.7. The van der Waals surface area contributed by atoms with E-state index in [4.69, 9.17) is 5.73 Å². The summed E-state index contributed by atoms with van der Waals surface area (Å²) in [5.41, 5.74) is 7.47. The van der Waals surface area contributed by atoms with Crippen molar-refractivity contribution in [3.8, 4) is 11.3 Å². The van der Waals surface area contributed by atoms with E-state index >= 15 is 0 Å². The Hall–Kier alpha value is -3.79. The SMILES string of the molecule is COC(=O)c1ccc(NC(=O)c2nc(-c3ccc(S(=O)(=O)C(C)C)cc3)cnc2N)cc1. The number of ether oxygens (including phenoxy) is 1. The van der Waals surface area contributed by atoms with Gasteiger partial charge in [-0.1, -0.05) is 12.1 Å². The Labute approximate surface area is 185 Å². The van der Waals surface area contributed by atoms with Crippen LogP contribution in [0.5, 0.6) is 0 Å². The lowest BCUT2D eigenvalue weighted by Gasteiger charge is -2.10. The molecule has 0 bridgehead atoms. The Balaban J connectivity index is 1.84. The molecule has 0 saturated heterocycles. The van der Waals surface area contributed by atoms with Crippen molar-refractivity contribution in [3.63, 3.8) is 0 Å². The Kier molecular flexibility index (Phi) is 6.54. The Morgan fingerprint density at radius 1 is 1.03 bits per heavy atom. The predicted octanol–water partition coefficient (Wildman–Crippen LogP) is 2.95. The van der Waals surface area contributed by atoms with Gasteiger partial charge < -0.3 is 15.8 Å². The number of hydrogen-bond acceptors (Lipinski definition) is 8. The van der Waals surface area contributed by atoms with Crippen molar-refractivity contribution in [2.75, 3.05) is 18.2 Å².